The van der Waals surface area contributed by atoms with Crippen LogP contribution in [-0.2, 0) is 0 Å². The van der Waals surface area contributed by atoms with Crippen molar-refractivity contribution in [3.8, 4) is 11.1 Å². The number of hydrogen-bond acceptors (Lipinski definition) is 5. The Kier molecular flexibility index (Phi) is 5.52. The second-order valence-corrected chi connectivity index (χ2v) is 8.03. The van der Waals surface area contributed by atoms with Crippen LogP contribution in [-0.4, -0.2) is 40.4 Å². The van der Waals surface area contributed by atoms with E-state index in [1.807, 2.05) is 49.6 Å². The largest absolute Gasteiger partial charge is 0.367 e. The number of nitrogens with one attached hydrogen (secondary N) is 2. The maximum absolute atomic E-state index is 13.4. The molecule has 1 saturated heterocycles. The molecule has 0 radical (unpaired) electrons. The summed E-state index contributed by atoms with van der Waals surface area (Å²) in [5.74, 6) is 0.717. The molecule has 32 heavy (non-hydrogen) atoms. The monoisotopic (exact) mass is 427 g/mol. The van der Waals surface area contributed by atoms with Gasteiger partial charge in [-0.1, -0.05) is 36.4 Å². The van der Waals surface area contributed by atoms with Gasteiger partial charge in [0.15, 0.2) is 0 Å². The van der Waals surface area contributed by atoms with Gasteiger partial charge in [0.2, 0.25) is 5.78 Å². The summed E-state index contributed by atoms with van der Waals surface area (Å²) in [4.78, 5) is 27.9. The molecule has 0 bridgehead atoms. The molecule has 4 heterocycles. The highest BCUT2D eigenvalue weighted by atomic mass is 16.1. The van der Waals surface area contributed by atoms with E-state index in [-0.39, 0.29) is 14.7 Å². The molecule has 1 aliphatic heterocycles. The lowest BCUT2D eigenvalue weighted by Crippen LogP contribution is -2.46. The van der Waals surface area contributed by atoms with Crippen LogP contribution in [0.2, 0.25) is 0 Å². The first kappa shape index (κ1) is 20.2. The Morgan fingerprint density at radius 1 is 1.09 bits per heavy atom. The fraction of sp³-hybridized carbons (Fsp3) is 0.192. The zero-order valence-electron chi connectivity index (χ0n) is 18.0. The zero-order chi connectivity index (χ0) is 21.9. The maximum Gasteiger partial charge on any atom is 0.213 e. The number of pyridine rings is 2. The highest BCUT2D eigenvalue weighted by Gasteiger charge is 2.23. The highest BCUT2D eigenvalue weighted by molar-refractivity contribution is 6.09. The summed E-state index contributed by atoms with van der Waals surface area (Å²) < 4.78 is 0. The van der Waals surface area contributed by atoms with Gasteiger partial charge in [0.25, 0.3) is 0 Å². The molecule has 6 nitrogen and oxygen atoms in total. The van der Waals surface area contributed by atoms with E-state index in [0.717, 1.165) is 36.6 Å². The number of benzene rings is 1. The number of carbonyl (C=O) groups is 1. The van der Waals surface area contributed by atoms with E-state index in [2.05, 4.69) is 44.5 Å². The molecule has 0 saturated carbocycles. The molecule has 4 aromatic rings. The minimum absolute atomic E-state index is 0. The summed E-state index contributed by atoms with van der Waals surface area (Å²) in [7, 11) is 0. The molecule has 0 aliphatic carbocycles. The second-order valence-electron chi connectivity index (χ2n) is 8.03. The van der Waals surface area contributed by atoms with Crippen LogP contribution in [0.4, 0.5) is 5.82 Å². The van der Waals surface area contributed by atoms with E-state index in [1.165, 1.54) is 5.56 Å². The minimum Gasteiger partial charge on any atom is -0.367 e. The molecule has 164 valence electrons. The van der Waals surface area contributed by atoms with Gasteiger partial charge in [-0.15, -0.1) is 0 Å². The number of H-pyrrole nitrogens is 1. The molecule has 5 rings (SSSR count). The molecular weight excluding hydrogens is 398 g/mol. The molecule has 3 aromatic heterocycles. The fourth-order valence-corrected chi connectivity index (χ4v) is 4.15. The van der Waals surface area contributed by atoms with Crippen molar-refractivity contribution < 1.29 is 7.65 Å². The molecule has 6 heteroatoms. The van der Waals surface area contributed by atoms with Crippen LogP contribution in [0.3, 0.4) is 0 Å². The maximum atomic E-state index is 13.4. The molecule has 0 spiro atoms. The van der Waals surface area contributed by atoms with Crippen LogP contribution < -0.4 is 10.2 Å². The third kappa shape index (κ3) is 4.05. The van der Waals surface area contributed by atoms with E-state index in [4.69, 9.17) is 4.98 Å². The van der Waals surface area contributed by atoms with Gasteiger partial charge in [0.05, 0.1) is 0 Å². The van der Waals surface area contributed by atoms with Crippen LogP contribution >= 0.6 is 0 Å². The lowest BCUT2D eigenvalue weighted by Gasteiger charge is -2.35. The highest BCUT2D eigenvalue weighted by Crippen LogP contribution is 2.24. The number of piperazine rings is 1. The van der Waals surface area contributed by atoms with Crippen molar-refractivity contribution in [1.29, 1.82) is 0 Å². The first-order valence-electron chi connectivity index (χ1n) is 10.8. The Morgan fingerprint density at radius 2 is 1.97 bits per heavy atom. The molecule has 1 fully saturated rings. The quantitative estimate of drug-likeness (QED) is 0.454. The summed E-state index contributed by atoms with van der Waals surface area (Å²) in [5.41, 5.74) is 4.88. The Balaban J connectivity index is 0.00000162. The number of aromatic nitrogens is 3. The lowest BCUT2D eigenvalue weighted by atomic mass is 10.0. The Morgan fingerprint density at radius 3 is 2.78 bits per heavy atom. The third-order valence-corrected chi connectivity index (χ3v) is 5.93. The fourth-order valence-electron chi connectivity index (χ4n) is 4.15. The van der Waals surface area contributed by atoms with Gasteiger partial charge in [0.1, 0.15) is 11.5 Å². The van der Waals surface area contributed by atoms with Crippen LogP contribution in [0.25, 0.3) is 11.1 Å². The summed E-state index contributed by atoms with van der Waals surface area (Å²) in [5, 5.41) is 3.58. The summed E-state index contributed by atoms with van der Waals surface area (Å²) in [6, 6.07) is 20.2. The van der Waals surface area contributed by atoms with Crippen LogP contribution in [0.15, 0.2) is 79.3 Å². The van der Waals surface area contributed by atoms with E-state index < -0.39 is 0 Å². The molecular formula is C26H29N5O. The van der Waals surface area contributed by atoms with Crippen molar-refractivity contribution in [2.24, 2.45) is 0 Å². The van der Waals surface area contributed by atoms with Crippen molar-refractivity contribution in [2.75, 3.05) is 24.5 Å². The smallest absolute Gasteiger partial charge is 0.213 e. The van der Waals surface area contributed by atoms with Gasteiger partial charge in [-0.05, 0) is 36.8 Å². The average Bonchev–Trinajstić information content (AvgIpc) is 3.40. The van der Waals surface area contributed by atoms with Gasteiger partial charge < -0.3 is 15.2 Å². The number of hydrogen-bond donors (Lipinski definition) is 2. The second kappa shape index (κ2) is 8.77. The third-order valence-electron chi connectivity index (χ3n) is 5.93. The zero-order valence-corrected chi connectivity index (χ0v) is 18.0. The topological polar surface area (TPSA) is 73.9 Å². The van der Waals surface area contributed by atoms with E-state index >= 15 is 0 Å². The van der Waals surface area contributed by atoms with Gasteiger partial charge in [0, 0.05) is 69.5 Å². The van der Waals surface area contributed by atoms with Crippen molar-refractivity contribution >= 4 is 11.6 Å². The SMILES string of the molecule is Cc1ncc(-c2cc[nH]c2)cc1C(=O)c1cccc(N2CCNC(c3ccccc3)C2)n1.[HH].[HH]. The van der Waals surface area contributed by atoms with Crippen LogP contribution in [0.1, 0.15) is 36.2 Å². The van der Waals surface area contributed by atoms with Crippen molar-refractivity contribution in [3.05, 3.63) is 102 Å². The number of anilines is 1. The number of rotatable bonds is 5. The summed E-state index contributed by atoms with van der Waals surface area (Å²) in [6.07, 6.45) is 5.55. The first-order valence-corrected chi connectivity index (χ1v) is 10.8. The van der Waals surface area contributed by atoms with Crippen LogP contribution in [0.5, 0.6) is 0 Å². The van der Waals surface area contributed by atoms with E-state index in [0.29, 0.717) is 17.0 Å². The Bertz CT molecular complexity index is 1230. The minimum atomic E-state index is -0.107. The summed E-state index contributed by atoms with van der Waals surface area (Å²) in [6.45, 7) is 4.37. The summed E-state index contributed by atoms with van der Waals surface area (Å²) >= 11 is 0. The number of aryl methyl sites for hydroxylation is 1. The van der Waals surface area contributed by atoms with Crippen LogP contribution in [0, 0.1) is 6.92 Å². The predicted octanol–water partition coefficient (Wildman–Crippen LogP) is 4.65. The Labute approximate surface area is 190 Å². The number of carbonyl (C=O) groups excluding carboxylic acids is 1. The number of aromatic amines is 1. The van der Waals surface area contributed by atoms with Gasteiger partial charge in [-0.2, -0.15) is 0 Å². The number of ketones is 1. The molecule has 2 N–H and O–H groups in total. The van der Waals surface area contributed by atoms with E-state index in [9.17, 15) is 4.79 Å². The predicted molar refractivity (Wildman–Crippen MR) is 130 cm³/mol. The normalized spacial score (nSPS) is 16.2. The first-order chi connectivity index (χ1) is 15.7. The molecule has 1 aromatic carbocycles. The Hall–Kier alpha value is -3.77. The molecule has 1 atom stereocenters. The molecule has 0 amide bonds. The van der Waals surface area contributed by atoms with Gasteiger partial charge >= 0.3 is 0 Å². The standard InChI is InChI=1S/C26H25N5O.2H2/c1-18-22(14-21(16-29-18)20-10-11-27-15-20)26(32)23-8-5-9-25(30-23)31-13-12-28-24(17-31)19-6-3-2-4-7-19;;/h2-11,14-16,24,27-28H,12-13,17H2,1H3;2*1H. The average molecular weight is 428 g/mol. The van der Waals surface area contributed by atoms with E-state index in [1.54, 1.807) is 12.3 Å². The van der Waals surface area contributed by atoms with Crippen molar-refractivity contribution in [2.45, 2.75) is 13.0 Å². The number of nitrogens with zero attached hydrogens (tertiary/aromatic N) is 3. The molecule has 1 aliphatic rings. The van der Waals surface area contributed by atoms with Gasteiger partial charge in [-0.3, -0.25) is 9.78 Å². The molecule has 1 unspecified atom stereocenters. The van der Waals surface area contributed by atoms with Gasteiger partial charge in [-0.25, -0.2) is 4.98 Å². The lowest BCUT2D eigenvalue weighted by molar-refractivity contribution is 0.103. The van der Waals surface area contributed by atoms with Crippen molar-refractivity contribution in [3.63, 3.8) is 0 Å². The van der Waals surface area contributed by atoms with Crippen molar-refractivity contribution in [1.82, 2.24) is 20.3 Å².